The summed E-state index contributed by atoms with van der Waals surface area (Å²) in [5.74, 6) is 2.44. The van der Waals surface area contributed by atoms with Crippen LogP contribution in [0.4, 0.5) is 0 Å². The van der Waals surface area contributed by atoms with Crippen LogP contribution >= 0.6 is 15.9 Å². The van der Waals surface area contributed by atoms with Gasteiger partial charge in [-0.3, -0.25) is 0 Å². The Balaban J connectivity index is 2.94. The van der Waals surface area contributed by atoms with Gasteiger partial charge in [0.25, 0.3) is 0 Å². The summed E-state index contributed by atoms with van der Waals surface area (Å²) in [5.41, 5.74) is 0. The van der Waals surface area contributed by atoms with E-state index in [1.165, 1.54) is 0 Å². The zero-order chi connectivity index (χ0) is 4.28. The summed E-state index contributed by atoms with van der Waals surface area (Å²) in [4.78, 5) is 0.225. The fourth-order valence-electron chi connectivity index (χ4n) is 0. The first-order valence-corrected chi connectivity index (χ1v) is 2.29. The Labute approximate surface area is 40.7 Å². The Kier molecular flexibility index (Phi) is 2.31. The Morgan fingerprint density at radius 2 is 2.20 bits per heavy atom. The van der Waals surface area contributed by atoms with E-state index >= 15 is 0 Å². The topological polar surface area (TPSA) is 0 Å². The molecular formula is C4H5Br. The number of terminal acetylenes is 1. The van der Waals surface area contributed by atoms with Crippen molar-refractivity contribution in [3.63, 3.8) is 0 Å². The second-order valence-corrected chi connectivity index (χ2v) is 2.16. The van der Waals surface area contributed by atoms with Crippen LogP contribution in [-0.4, -0.2) is 4.83 Å². The van der Waals surface area contributed by atoms with Crippen molar-refractivity contribution >= 4 is 15.9 Å². The highest BCUT2D eigenvalue weighted by Crippen LogP contribution is 1.90. The van der Waals surface area contributed by atoms with Gasteiger partial charge in [-0.1, -0.05) is 21.9 Å². The second-order valence-electron chi connectivity index (χ2n) is 0.783. The predicted octanol–water partition coefficient (Wildman–Crippen LogP) is 1.40. The van der Waals surface area contributed by atoms with Crippen LogP contribution < -0.4 is 0 Å². The molecule has 0 aromatic heterocycles. The highest BCUT2D eigenvalue weighted by Gasteiger charge is 1.77. The zero-order valence-corrected chi connectivity index (χ0v) is 4.62. The first kappa shape index (κ1) is 5.04. The van der Waals surface area contributed by atoms with Crippen molar-refractivity contribution in [2.45, 2.75) is 11.8 Å². The van der Waals surface area contributed by atoms with Gasteiger partial charge in [-0.2, -0.15) is 0 Å². The fraction of sp³-hybridized carbons (Fsp3) is 0.500. The molecule has 0 aliphatic heterocycles. The van der Waals surface area contributed by atoms with Crippen molar-refractivity contribution in [3.05, 3.63) is 0 Å². The maximum atomic E-state index is 4.87. The van der Waals surface area contributed by atoms with E-state index in [4.69, 9.17) is 6.42 Å². The smallest absolute Gasteiger partial charge is 0.0724 e. The van der Waals surface area contributed by atoms with Crippen LogP contribution in [0.3, 0.4) is 0 Å². The van der Waals surface area contributed by atoms with Crippen molar-refractivity contribution in [3.8, 4) is 12.3 Å². The first-order chi connectivity index (χ1) is 2.27. The minimum atomic E-state index is 0.225. The molecule has 0 amide bonds. The molecule has 0 radical (unpaired) electrons. The molecule has 0 spiro atoms. The molecule has 28 valence electrons. The quantitative estimate of drug-likeness (QED) is 0.346. The average Bonchev–Trinajstić information content (AvgIpc) is 1.38. The molecule has 0 aromatic carbocycles. The van der Waals surface area contributed by atoms with Crippen LogP contribution in [0, 0.1) is 12.3 Å². The van der Waals surface area contributed by atoms with E-state index in [0.29, 0.717) is 0 Å². The molecule has 0 aliphatic carbocycles. The van der Waals surface area contributed by atoms with Gasteiger partial charge in [-0.25, -0.2) is 0 Å². The number of alkyl halides is 1. The molecule has 0 fully saturated rings. The maximum absolute atomic E-state index is 4.87. The normalized spacial score (nSPS) is 13.0. The van der Waals surface area contributed by atoms with Gasteiger partial charge in [0.1, 0.15) is 0 Å². The molecular weight excluding hydrogens is 128 g/mol. The maximum Gasteiger partial charge on any atom is 0.0724 e. The summed E-state index contributed by atoms with van der Waals surface area (Å²) >= 11 is 3.14. The zero-order valence-electron chi connectivity index (χ0n) is 3.03. The highest BCUT2D eigenvalue weighted by molar-refractivity contribution is 9.09. The van der Waals surface area contributed by atoms with E-state index in [0.717, 1.165) is 0 Å². The molecule has 1 heteroatoms. The Morgan fingerprint density at radius 1 is 2.00 bits per heavy atom. The van der Waals surface area contributed by atoms with Crippen molar-refractivity contribution in [1.82, 2.24) is 0 Å². The summed E-state index contributed by atoms with van der Waals surface area (Å²) in [6.45, 7) is 1.90. The van der Waals surface area contributed by atoms with E-state index in [1.54, 1.807) is 0 Å². The van der Waals surface area contributed by atoms with E-state index < -0.39 is 0 Å². The molecule has 0 bridgehead atoms. The third-order valence-electron chi connectivity index (χ3n) is 0.230. The van der Waals surface area contributed by atoms with E-state index in [2.05, 4.69) is 21.9 Å². The lowest BCUT2D eigenvalue weighted by Crippen LogP contribution is -1.75. The van der Waals surface area contributed by atoms with Crippen LogP contribution in [0.25, 0.3) is 0 Å². The molecule has 0 N–H and O–H groups in total. The summed E-state index contributed by atoms with van der Waals surface area (Å²) in [7, 11) is 0. The average molecular weight is 133 g/mol. The van der Waals surface area contributed by atoms with Crippen LogP contribution in [-0.2, 0) is 0 Å². The fourth-order valence-corrected chi connectivity index (χ4v) is 0. The molecule has 0 saturated carbocycles. The van der Waals surface area contributed by atoms with Gasteiger partial charge < -0.3 is 0 Å². The molecule has 0 heterocycles. The van der Waals surface area contributed by atoms with Gasteiger partial charge in [0, 0.05) is 0 Å². The van der Waals surface area contributed by atoms with Gasteiger partial charge >= 0.3 is 0 Å². The van der Waals surface area contributed by atoms with Crippen molar-refractivity contribution < 1.29 is 0 Å². The van der Waals surface area contributed by atoms with Gasteiger partial charge in [0.2, 0.25) is 0 Å². The minimum absolute atomic E-state index is 0.225. The third kappa shape index (κ3) is 4.04. The highest BCUT2D eigenvalue weighted by atomic mass is 79.9. The van der Waals surface area contributed by atoms with Crippen molar-refractivity contribution in [1.29, 1.82) is 0 Å². The molecule has 0 aromatic rings. The number of rotatable bonds is 0. The van der Waals surface area contributed by atoms with Crippen molar-refractivity contribution in [2.24, 2.45) is 0 Å². The lowest BCUT2D eigenvalue weighted by Gasteiger charge is -1.77. The number of halogens is 1. The summed E-state index contributed by atoms with van der Waals surface area (Å²) < 4.78 is 0. The van der Waals surface area contributed by atoms with E-state index in [9.17, 15) is 0 Å². The number of hydrogen-bond donors (Lipinski definition) is 0. The third-order valence-corrected chi connectivity index (χ3v) is 0.494. The van der Waals surface area contributed by atoms with Gasteiger partial charge in [-0.05, 0) is 6.92 Å². The predicted molar refractivity (Wildman–Crippen MR) is 27.2 cm³/mol. The molecule has 1 atom stereocenters. The van der Waals surface area contributed by atoms with E-state index in [-0.39, 0.29) is 4.83 Å². The monoisotopic (exact) mass is 132 g/mol. The lowest BCUT2D eigenvalue weighted by atomic mass is 10.5. The summed E-state index contributed by atoms with van der Waals surface area (Å²) in [6, 6.07) is 0. The summed E-state index contributed by atoms with van der Waals surface area (Å²) in [5, 5.41) is 0. The van der Waals surface area contributed by atoms with Crippen LogP contribution in [0.15, 0.2) is 0 Å². The molecule has 5 heavy (non-hydrogen) atoms. The van der Waals surface area contributed by atoms with Crippen LogP contribution in [0.5, 0.6) is 0 Å². The SMILES string of the molecule is C#C[C@@H](C)Br. The van der Waals surface area contributed by atoms with E-state index in [1.807, 2.05) is 6.92 Å². The molecule has 0 unspecified atom stereocenters. The largest absolute Gasteiger partial charge is 0.119 e. The molecule has 0 saturated heterocycles. The standard InChI is InChI=1S/C4H5Br/c1-3-4(2)5/h1,4H,2H3/t4-/m1/s1. The molecule has 0 aliphatic rings. The Hall–Kier alpha value is 0.0400. The Morgan fingerprint density at radius 3 is 2.20 bits per heavy atom. The summed E-state index contributed by atoms with van der Waals surface area (Å²) in [6.07, 6.45) is 4.87. The molecule has 0 nitrogen and oxygen atoms in total. The van der Waals surface area contributed by atoms with Crippen molar-refractivity contribution in [2.75, 3.05) is 0 Å². The minimum Gasteiger partial charge on any atom is -0.119 e. The van der Waals surface area contributed by atoms with Gasteiger partial charge in [-0.15, -0.1) is 6.42 Å². The molecule has 0 rings (SSSR count). The van der Waals surface area contributed by atoms with Gasteiger partial charge in [0.05, 0.1) is 4.83 Å². The lowest BCUT2D eigenvalue weighted by molar-refractivity contribution is 1.33. The first-order valence-electron chi connectivity index (χ1n) is 1.37. The van der Waals surface area contributed by atoms with Gasteiger partial charge in [0.15, 0.2) is 0 Å². The Bertz CT molecular complexity index is 49.2. The van der Waals surface area contributed by atoms with Crippen LogP contribution in [0.2, 0.25) is 0 Å². The second kappa shape index (κ2) is 2.29. The number of hydrogen-bond acceptors (Lipinski definition) is 0. The van der Waals surface area contributed by atoms with Crippen LogP contribution in [0.1, 0.15) is 6.92 Å².